The van der Waals surface area contributed by atoms with Gasteiger partial charge in [0.15, 0.2) is 0 Å². The van der Waals surface area contributed by atoms with Gasteiger partial charge in [-0.3, -0.25) is 9.59 Å². The number of amides is 1. The van der Waals surface area contributed by atoms with Crippen molar-refractivity contribution in [2.24, 2.45) is 5.73 Å². The zero-order chi connectivity index (χ0) is 14.3. The first-order valence-electron chi connectivity index (χ1n) is 6.04. The number of benzene rings is 1. The van der Waals surface area contributed by atoms with E-state index in [0.29, 0.717) is 18.0 Å². The van der Waals surface area contributed by atoms with Crippen LogP contribution in [0.15, 0.2) is 24.3 Å². The highest BCUT2D eigenvalue weighted by molar-refractivity contribution is 5.96. The van der Waals surface area contributed by atoms with E-state index in [1.807, 2.05) is 6.92 Å². The Balaban J connectivity index is 2.63. The lowest BCUT2D eigenvalue weighted by molar-refractivity contribution is -0.137. The molecule has 0 heterocycles. The van der Waals surface area contributed by atoms with E-state index in [2.05, 4.69) is 5.32 Å². The molecule has 1 atom stereocenters. The van der Waals surface area contributed by atoms with Gasteiger partial charge in [-0.1, -0.05) is 12.1 Å². The van der Waals surface area contributed by atoms with Crippen molar-refractivity contribution in [3.05, 3.63) is 24.3 Å². The molecule has 19 heavy (non-hydrogen) atoms. The van der Waals surface area contributed by atoms with E-state index in [-0.39, 0.29) is 12.8 Å². The number of aliphatic carboxylic acids is 1. The molecule has 0 fully saturated rings. The third-order valence-corrected chi connectivity index (χ3v) is 2.45. The zero-order valence-electron chi connectivity index (χ0n) is 10.8. The molecular weight excluding hydrogens is 248 g/mol. The molecule has 0 saturated carbocycles. The van der Waals surface area contributed by atoms with Crippen LogP contribution in [0.4, 0.5) is 5.69 Å². The predicted octanol–water partition coefficient (Wildman–Crippen LogP) is 1.22. The molecular formula is C13H18N2O4. The zero-order valence-corrected chi connectivity index (χ0v) is 10.8. The standard InChI is InChI=1S/C13H18N2O4/c1-2-19-11-6-4-3-5-10(11)15-13(18)9(14)7-8-12(16)17/h3-6,9H,2,7-8,14H2,1H3,(H,15,18)(H,16,17). The van der Waals surface area contributed by atoms with Crippen molar-refractivity contribution in [2.45, 2.75) is 25.8 Å². The summed E-state index contributed by atoms with van der Waals surface area (Å²) in [5.74, 6) is -0.838. The monoisotopic (exact) mass is 266 g/mol. The van der Waals surface area contributed by atoms with Crippen molar-refractivity contribution in [1.82, 2.24) is 0 Å². The maximum Gasteiger partial charge on any atom is 0.303 e. The number of carbonyl (C=O) groups is 2. The maximum atomic E-state index is 11.8. The van der Waals surface area contributed by atoms with Crippen LogP contribution in [0.3, 0.4) is 0 Å². The second kappa shape index (κ2) is 7.38. The molecule has 4 N–H and O–H groups in total. The van der Waals surface area contributed by atoms with Crippen molar-refractivity contribution in [3.63, 3.8) is 0 Å². The molecule has 1 aromatic carbocycles. The van der Waals surface area contributed by atoms with Gasteiger partial charge in [0, 0.05) is 6.42 Å². The summed E-state index contributed by atoms with van der Waals surface area (Å²) in [6.07, 6.45) is -0.0420. The summed E-state index contributed by atoms with van der Waals surface area (Å²) in [5, 5.41) is 11.2. The second-order valence-corrected chi connectivity index (χ2v) is 3.96. The van der Waals surface area contributed by atoms with E-state index >= 15 is 0 Å². The van der Waals surface area contributed by atoms with E-state index in [1.54, 1.807) is 24.3 Å². The van der Waals surface area contributed by atoms with E-state index in [0.717, 1.165) is 0 Å². The normalized spacial score (nSPS) is 11.7. The highest BCUT2D eigenvalue weighted by Crippen LogP contribution is 2.23. The number of hydrogen-bond donors (Lipinski definition) is 3. The van der Waals surface area contributed by atoms with Gasteiger partial charge in [0.2, 0.25) is 5.91 Å². The third-order valence-electron chi connectivity index (χ3n) is 2.45. The largest absolute Gasteiger partial charge is 0.492 e. The number of carboxylic acids is 1. The number of ether oxygens (including phenoxy) is 1. The van der Waals surface area contributed by atoms with Gasteiger partial charge in [0.1, 0.15) is 5.75 Å². The number of carbonyl (C=O) groups excluding carboxylic acids is 1. The Labute approximate surface area is 111 Å². The summed E-state index contributed by atoms with van der Waals surface area (Å²) in [7, 11) is 0. The third kappa shape index (κ3) is 4.97. The molecule has 1 aromatic rings. The number of anilines is 1. The van der Waals surface area contributed by atoms with Crippen molar-refractivity contribution >= 4 is 17.6 Å². The average molecular weight is 266 g/mol. The van der Waals surface area contributed by atoms with Crippen molar-refractivity contribution in [1.29, 1.82) is 0 Å². The van der Waals surface area contributed by atoms with E-state index in [4.69, 9.17) is 15.6 Å². The predicted molar refractivity (Wildman–Crippen MR) is 71.1 cm³/mol. The molecule has 0 aliphatic heterocycles. The molecule has 0 spiro atoms. The van der Waals surface area contributed by atoms with Crippen LogP contribution in [0.2, 0.25) is 0 Å². The van der Waals surface area contributed by atoms with Crippen LogP contribution < -0.4 is 15.8 Å². The molecule has 1 rings (SSSR count). The smallest absolute Gasteiger partial charge is 0.303 e. The highest BCUT2D eigenvalue weighted by Gasteiger charge is 2.16. The molecule has 6 nitrogen and oxygen atoms in total. The first-order valence-corrected chi connectivity index (χ1v) is 6.04. The number of rotatable bonds is 7. The Kier molecular flexibility index (Phi) is 5.81. The van der Waals surface area contributed by atoms with Crippen LogP contribution in [0, 0.1) is 0 Å². The first-order chi connectivity index (χ1) is 9.04. The van der Waals surface area contributed by atoms with Gasteiger partial charge in [0.25, 0.3) is 0 Å². The second-order valence-electron chi connectivity index (χ2n) is 3.96. The van der Waals surface area contributed by atoms with Gasteiger partial charge in [0.05, 0.1) is 18.3 Å². The fourth-order valence-corrected chi connectivity index (χ4v) is 1.49. The van der Waals surface area contributed by atoms with E-state index < -0.39 is 17.9 Å². The van der Waals surface area contributed by atoms with Gasteiger partial charge < -0.3 is 20.9 Å². The maximum absolute atomic E-state index is 11.8. The Bertz CT molecular complexity index is 448. The first kappa shape index (κ1) is 15.0. The summed E-state index contributed by atoms with van der Waals surface area (Å²) in [6.45, 7) is 2.33. The fraction of sp³-hybridized carbons (Fsp3) is 0.385. The van der Waals surface area contributed by atoms with Crippen LogP contribution in [0.1, 0.15) is 19.8 Å². The molecule has 0 saturated heterocycles. The van der Waals surface area contributed by atoms with Crippen LogP contribution in [0.5, 0.6) is 5.75 Å². The number of carboxylic acid groups (broad SMARTS) is 1. The summed E-state index contributed by atoms with van der Waals surface area (Å²) in [5.41, 5.74) is 6.15. The van der Waals surface area contributed by atoms with Gasteiger partial charge in [-0.05, 0) is 25.5 Å². The summed E-state index contributed by atoms with van der Waals surface area (Å²) in [4.78, 5) is 22.2. The van der Waals surface area contributed by atoms with Gasteiger partial charge in [-0.15, -0.1) is 0 Å². The molecule has 1 unspecified atom stereocenters. The van der Waals surface area contributed by atoms with Crippen molar-refractivity contribution < 1.29 is 19.4 Å². The molecule has 0 bridgehead atoms. The molecule has 0 aliphatic carbocycles. The van der Waals surface area contributed by atoms with Crippen molar-refractivity contribution in [2.75, 3.05) is 11.9 Å². The quantitative estimate of drug-likeness (QED) is 0.688. The lowest BCUT2D eigenvalue weighted by Gasteiger charge is -2.14. The van der Waals surface area contributed by atoms with Crippen LogP contribution in [-0.4, -0.2) is 29.6 Å². The van der Waals surface area contributed by atoms with Gasteiger partial charge in [-0.2, -0.15) is 0 Å². The highest BCUT2D eigenvalue weighted by atomic mass is 16.5. The Hall–Kier alpha value is -2.08. The molecule has 6 heteroatoms. The molecule has 0 radical (unpaired) electrons. The lowest BCUT2D eigenvalue weighted by Crippen LogP contribution is -2.36. The molecule has 1 amide bonds. The van der Waals surface area contributed by atoms with Gasteiger partial charge >= 0.3 is 5.97 Å². The average Bonchev–Trinajstić information content (AvgIpc) is 2.38. The van der Waals surface area contributed by atoms with E-state index in [1.165, 1.54) is 0 Å². The topological polar surface area (TPSA) is 102 Å². The number of hydrogen-bond acceptors (Lipinski definition) is 4. The Morgan fingerprint density at radius 3 is 2.74 bits per heavy atom. The SMILES string of the molecule is CCOc1ccccc1NC(=O)C(N)CCC(=O)O. The molecule has 104 valence electrons. The Morgan fingerprint density at radius 1 is 1.42 bits per heavy atom. The van der Waals surface area contributed by atoms with Gasteiger partial charge in [-0.25, -0.2) is 0 Å². The minimum Gasteiger partial charge on any atom is -0.492 e. The number of nitrogens with two attached hydrogens (primary N) is 1. The summed E-state index contributed by atoms with van der Waals surface area (Å²) in [6, 6.07) is 6.14. The minimum atomic E-state index is -0.974. The van der Waals surface area contributed by atoms with Crippen LogP contribution in [0.25, 0.3) is 0 Å². The fourth-order valence-electron chi connectivity index (χ4n) is 1.49. The lowest BCUT2D eigenvalue weighted by atomic mass is 10.1. The number of para-hydroxylation sites is 2. The molecule has 0 aliphatic rings. The summed E-state index contributed by atoms with van der Waals surface area (Å²) >= 11 is 0. The number of nitrogens with one attached hydrogen (secondary N) is 1. The van der Waals surface area contributed by atoms with Crippen LogP contribution >= 0.6 is 0 Å². The van der Waals surface area contributed by atoms with Crippen LogP contribution in [-0.2, 0) is 9.59 Å². The van der Waals surface area contributed by atoms with E-state index in [9.17, 15) is 9.59 Å². The molecule has 0 aromatic heterocycles. The summed E-state index contributed by atoms with van der Waals surface area (Å²) < 4.78 is 5.37. The van der Waals surface area contributed by atoms with Crippen molar-refractivity contribution in [3.8, 4) is 5.75 Å². The Morgan fingerprint density at radius 2 is 2.11 bits per heavy atom. The minimum absolute atomic E-state index is 0.0952.